The highest BCUT2D eigenvalue weighted by molar-refractivity contribution is 5.94. The van der Waals surface area contributed by atoms with Crippen LogP contribution in [0.1, 0.15) is 18.7 Å². The summed E-state index contributed by atoms with van der Waals surface area (Å²) < 4.78 is 1.93. The molecule has 1 saturated heterocycles. The van der Waals surface area contributed by atoms with Crippen LogP contribution in [0, 0.1) is 12.8 Å². The summed E-state index contributed by atoms with van der Waals surface area (Å²) in [6.07, 6.45) is 8.49. The number of aryl methyl sites for hydroxylation is 1. The van der Waals surface area contributed by atoms with E-state index >= 15 is 0 Å². The van der Waals surface area contributed by atoms with E-state index in [2.05, 4.69) is 30.2 Å². The maximum Gasteiger partial charge on any atom is 0.227 e. The fraction of sp³-hybridized carbons (Fsp3) is 0.261. The lowest BCUT2D eigenvalue weighted by Crippen LogP contribution is -2.38. The first-order valence-corrected chi connectivity index (χ1v) is 10.4. The van der Waals surface area contributed by atoms with Gasteiger partial charge >= 0.3 is 0 Å². The van der Waals surface area contributed by atoms with Crippen molar-refractivity contribution in [3.63, 3.8) is 0 Å². The number of piperidine rings is 1. The lowest BCUT2D eigenvalue weighted by Gasteiger charge is -2.32. The van der Waals surface area contributed by atoms with Crippen LogP contribution in [0.15, 0.2) is 61.3 Å². The zero-order valence-corrected chi connectivity index (χ0v) is 17.3. The van der Waals surface area contributed by atoms with Crippen molar-refractivity contribution in [2.75, 3.05) is 23.3 Å². The van der Waals surface area contributed by atoms with Gasteiger partial charge in [-0.05, 0) is 31.9 Å². The van der Waals surface area contributed by atoms with E-state index in [1.807, 2.05) is 54.1 Å². The molecule has 5 rings (SSSR count). The molecule has 1 aliphatic heterocycles. The highest BCUT2D eigenvalue weighted by Gasteiger charge is 2.26. The average Bonchev–Trinajstić information content (AvgIpc) is 3.25. The maximum absolute atomic E-state index is 12.8. The Morgan fingerprint density at radius 2 is 1.84 bits per heavy atom. The van der Waals surface area contributed by atoms with Gasteiger partial charge in [-0.25, -0.2) is 15.0 Å². The van der Waals surface area contributed by atoms with Gasteiger partial charge in [0.2, 0.25) is 5.91 Å². The fourth-order valence-electron chi connectivity index (χ4n) is 4.02. The molecule has 8 heteroatoms. The fourth-order valence-corrected chi connectivity index (χ4v) is 4.02. The molecule has 156 valence electrons. The van der Waals surface area contributed by atoms with Gasteiger partial charge in [0.05, 0.1) is 17.4 Å². The van der Waals surface area contributed by atoms with E-state index in [-0.39, 0.29) is 11.8 Å². The molecule has 0 aliphatic carbocycles. The van der Waals surface area contributed by atoms with Gasteiger partial charge in [0.1, 0.15) is 23.8 Å². The number of benzene rings is 1. The lowest BCUT2D eigenvalue weighted by molar-refractivity contribution is -0.120. The molecule has 0 atom stereocenters. The standard InChI is InChI=1S/C23H23N7O/c1-16-24-8-11-30(16)22-13-21(26-15-27-22)29-9-6-17(7-10-29)23(31)28-19-12-18-4-2-3-5-20(18)25-14-19/h2-5,8,11-15,17H,6-7,9-10H2,1H3,(H,28,31). The van der Waals surface area contributed by atoms with E-state index < -0.39 is 0 Å². The van der Waals surface area contributed by atoms with Crippen molar-refractivity contribution in [3.05, 3.63) is 67.1 Å². The van der Waals surface area contributed by atoms with Crippen molar-refractivity contribution in [2.45, 2.75) is 19.8 Å². The number of aromatic nitrogens is 5. The summed E-state index contributed by atoms with van der Waals surface area (Å²) in [5.74, 6) is 2.57. The van der Waals surface area contributed by atoms with Gasteiger partial charge in [-0.2, -0.15) is 0 Å². The van der Waals surface area contributed by atoms with Crippen LogP contribution in [0.2, 0.25) is 0 Å². The van der Waals surface area contributed by atoms with Crippen molar-refractivity contribution in [1.29, 1.82) is 0 Å². The quantitative estimate of drug-likeness (QED) is 0.552. The Morgan fingerprint density at radius 1 is 1.03 bits per heavy atom. The van der Waals surface area contributed by atoms with E-state index in [0.717, 1.165) is 60.0 Å². The smallest absolute Gasteiger partial charge is 0.227 e. The number of para-hydroxylation sites is 1. The Bertz CT molecular complexity index is 1230. The second-order valence-corrected chi connectivity index (χ2v) is 7.75. The van der Waals surface area contributed by atoms with Crippen LogP contribution < -0.4 is 10.2 Å². The van der Waals surface area contributed by atoms with Crippen molar-refractivity contribution < 1.29 is 4.79 Å². The monoisotopic (exact) mass is 413 g/mol. The second kappa shape index (κ2) is 8.14. The molecule has 4 heterocycles. The summed E-state index contributed by atoms with van der Waals surface area (Å²) in [5.41, 5.74) is 1.66. The van der Waals surface area contributed by atoms with Crippen LogP contribution in [0.5, 0.6) is 0 Å². The van der Waals surface area contributed by atoms with Gasteiger partial charge in [-0.15, -0.1) is 0 Å². The van der Waals surface area contributed by atoms with E-state index in [1.165, 1.54) is 0 Å². The maximum atomic E-state index is 12.8. The predicted octanol–water partition coefficient (Wildman–Crippen LogP) is 3.37. The summed E-state index contributed by atoms with van der Waals surface area (Å²) in [7, 11) is 0. The minimum absolute atomic E-state index is 0.0279. The molecule has 4 aromatic rings. The van der Waals surface area contributed by atoms with Gasteiger partial charge in [-0.1, -0.05) is 18.2 Å². The number of carbonyl (C=O) groups is 1. The van der Waals surface area contributed by atoms with Gasteiger partial charge in [0.25, 0.3) is 0 Å². The van der Waals surface area contributed by atoms with Gasteiger partial charge in [0.15, 0.2) is 0 Å². The Labute approximate surface area is 180 Å². The Hall–Kier alpha value is -3.81. The lowest BCUT2D eigenvalue weighted by atomic mass is 9.96. The number of imidazole rings is 1. The first kappa shape index (κ1) is 19.2. The van der Waals surface area contributed by atoms with Crippen LogP contribution in [0.3, 0.4) is 0 Å². The number of amides is 1. The third-order valence-corrected chi connectivity index (χ3v) is 5.76. The van der Waals surface area contributed by atoms with Crippen molar-refractivity contribution >= 4 is 28.3 Å². The molecular formula is C23H23N7O. The molecule has 1 aliphatic rings. The van der Waals surface area contributed by atoms with E-state index in [1.54, 1.807) is 18.7 Å². The third-order valence-electron chi connectivity index (χ3n) is 5.76. The van der Waals surface area contributed by atoms with Gasteiger partial charge in [0, 0.05) is 42.9 Å². The number of nitrogens with one attached hydrogen (secondary N) is 1. The Morgan fingerprint density at radius 3 is 2.65 bits per heavy atom. The number of hydrogen-bond acceptors (Lipinski definition) is 6. The number of fused-ring (bicyclic) bond motifs is 1. The first-order chi connectivity index (χ1) is 15.2. The largest absolute Gasteiger partial charge is 0.356 e. The number of anilines is 2. The van der Waals surface area contributed by atoms with Crippen LogP contribution >= 0.6 is 0 Å². The summed E-state index contributed by atoms with van der Waals surface area (Å²) in [6.45, 7) is 3.48. The van der Waals surface area contributed by atoms with Crippen LogP contribution in [-0.2, 0) is 4.79 Å². The molecule has 1 N–H and O–H groups in total. The van der Waals surface area contributed by atoms with E-state index in [9.17, 15) is 4.79 Å². The molecule has 0 saturated carbocycles. The minimum Gasteiger partial charge on any atom is -0.356 e. The minimum atomic E-state index is -0.0279. The SMILES string of the molecule is Cc1nccn1-c1cc(N2CCC(C(=O)Nc3cnc4ccccc4c3)CC2)ncn1. The van der Waals surface area contributed by atoms with Gasteiger partial charge in [-0.3, -0.25) is 14.3 Å². The molecule has 1 aromatic carbocycles. The zero-order chi connectivity index (χ0) is 21.2. The van der Waals surface area contributed by atoms with Crippen LogP contribution in [0.25, 0.3) is 16.7 Å². The predicted molar refractivity (Wildman–Crippen MR) is 119 cm³/mol. The highest BCUT2D eigenvalue weighted by Crippen LogP contribution is 2.25. The van der Waals surface area contributed by atoms with Crippen molar-refractivity contribution in [3.8, 4) is 5.82 Å². The zero-order valence-electron chi connectivity index (χ0n) is 17.3. The highest BCUT2D eigenvalue weighted by atomic mass is 16.1. The van der Waals surface area contributed by atoms with Crippen LogP contribution in [0.4, 0.5) is 11.5 Å². The molecule has 3 aromatic heterocycles. The number of carbonyl (C=O) groups excluding carboxylic acids is 1. The number of rotatable bonds is 4. The average molecular weight is 413 g/mol. The number of nitrogens with zero attached hydrogens (tertiary/aromatic N) is 6. The molecule has 0 unspecified atom stereocenters. The van der Waals surface area contributed by atoms with E-state index in [0.29, 0.717) is 0 Å². The molecule has 1 fully saturated rings. The summed E-state index contributed by atoms with van der Waals surface area (Å²) in [4.78, 5) is 32.5. The molecule has 0 radical (unpaired) electrons. The number of pyridine rings is 1. The molecule has 0 bridgehead atoms. The Kier molecular flexibility index (Phi) is 5.03. The van der Waals surface area contributed by atoms with Crippen molar-refractivity contribution in [2.24, 2.45) is 5.92 Å². The first-order valence-electron chi connectivity index (χ1n) is 10.4. The summed E-state index contributed by atoms with van der Waals surface area (Å²) in [5, 5.41) is 4.05. The Balaban J connectivity index is 1.23. The second-order valence-electron chi connectivity index (χ2n) is 7.75. The topological polar surface area (TPSA) is 88.8 Å². The molecular weight excluding hydrogens is 390 g/mol. The molecule has 1 amide bonds. The molecule has 8 nitrogen and oxygen atoms in total. The van der Waals surface area contributed by atoms with Crippen molar-refractivity contribution in [1.82, 2.24) is 24.5 Å². The normalized spacial score (nSPS) is 14.7. The number of hydrogen-bond donors (Lipinski definition) is 1. The third kappa shape index (κ3) is 3.96. The van der Waals surface area contributed by atoms with Crippen LogP contribution in [-0.4, -0.2) is 43.5 Å². The molecule has 0 spiro atoms. The van der Waals surface area contributed by atoms with Gasteiger partial charge < -0.3 is 10.2 Å². The summed E-state index contributed by atoms with van der Waals surface area (Å²) in [6, 6.07) is 11.8. The van der Waals surface area contributed by atoms with E-state index in [4.69, 9.17) is 0 Å². The molecule has 31 heavy (non-hydrogen) atoms. The summed E-state index contributed by atoms with van der Waals surface area (Å²) >= 11 is 0.